The predicted molar refractivity (Wildman–Crippen MR) is 75.5 cm³/mol. The van der Waals surface area contributed by atoms with Crippen molar-refractivity contribution < 1.29 is 19.5 Å². The number of amides is 3. The molecule has 21 heavy (non-hydrogen) atoms. The highest BCUT2D eigenvalue weighted by Crippen LogP contribution is 2.36. The van der Waals surface area contributed by atoms with Gasteiger partial charge in [-0.15, -0.1) is 0 Å². The van der Waals surface area contributed by atoms with E-state index in [4.69, 9.17) is 10.8 Å². The van der Waals surface area contributed by atoms with Crippen LogP contribution in [0.15, 0.2) is 0 Å². The number of rotatable bonds is 5. The number of hydrogen-bond donors (Lipinski definition) is 3. The monoisotopic (exact) mass is 297 g/mol. The van der Waals surface area contributed by atoms with Crippen molar-refractivity contribution in [2.45, 2.75) is 57.0 Å². The van der Waals surface area contributed by atoms with E-state index in [-0.39, 0.29) is 24.9 Å². The molecule has 0 radical (unpaired) electrons. The Morgan fingerprint density at radius 1 is 1.24 bits per heavy atom. The van der Waals surface area contributed by atoms with Gasteiger partial charge in [0.25, 0.3) is 0 Å². The fourth-order valence-corrected chi connectivity index (χ4v) is 3.43. The molecule has 2 unspecified atom stereocenters. The van der Waals surface area contributed by atoms with Crippen molar-refractivity contribution in [1.82, 2.24) is 10.2 Å². The molecule has 2 fully saturated rings. The lowest BCUT2D eigenvalue weighted by atomic mass is 9.85. The SMILES string of the molecule is NC(=O)CC[C@H](NC(=O)N1CCC2CCCCC21)C(=O)O. The molecular weight excluding hydrogens is 274 g/mol. The van der Waals surface area contributed by atoms with Crippen LogP contribution in [0.5, 0.6) is 0 Å². The minimum absolute atomic E-state index is 0.0261. The number of primary amides is 1. The van der Waals surface area contributed by atoms with Gasteiger partial charge < -0.3 is 21.1 Å². The van der Waals surface area contributed by atoms with Crippen molar-refractivity contribution in [2.24, 2.45) is 11.7 Å². The number of urea groups is 1. The third kappa shape index (κ3) is 3.86. The van der Waals surface area contributed by atoms with Crippen LogP contribution in [-0.2, 0) is 9.59 Å². The minimum atomic E-state index is -1.14. The van der Waals surface area contributed by atoms with E-state index in [1.165, 1.54) is 6.42 Å². The molecule has 2 rings (SSSR count). The lowest BCUT2D eigenvalue weighted by Gasteiger charge is -2.32. The second kappa shape index (κ2) is 6.78. The maximum absolute atomic E-state index is 12.3. The summed E-state index contributed by atoms with van der Waals surface area (Å²) in [6, 6.07) is -1.15. The molecule has 1 saturated carbocycles. The lowest BCUT2D eigenvalue weighted by molar-refractivity contribution is -0.139. The van der Waals surface area contributed by atoms with Gasteiger partial charge in [-0.2, -0.15) is 0 Å². The molecule has 1 saturated heterocycles. The van der Waals surface area contributed by atoms with E-state index in [0.29, 0.717) is 12.5 Å². The first-order chi connectivity index (χ1) is 9.99. The Bertz CT molecular complexity index is 426. The Morgan fingerprint density at radius 2 is 1.95 bits per heavy atom. The molecule has 1 aliphatic carbocycles. The molecule has 1 aliphatic heterocycles. The van der Waals surface area contributed by atoms with Crippen LogP contribution in [0.2, 0.25) is 0 Å². The van der Waals surface area contributed by atoms with E-state index in [1.807, 2.05) is 0 Å². The van der Waals surface area contributed by atoms with Gasteiger partial charge in [-0.3, -0.25) is 4.79 Å². The summed E-state index contributed by atoms with van der Waals surface area (Å²) in [4.78, 5) is 36.0. The fourth-order valence-electron chi connectivity index (χ4n) is 3.43. The zero-order valence-electron chi connectivity index (χ0n) is 12.1. The zero-order valence-corrected chi connectivity index (χ0v) is 12.1. The van der Waals surface area contributed by atoms with Gasteiger partial charge in [-0.1, -0.05) is 12.8 Å². The van der Waals surface area contributed by atoms with Gasteiger partial charge in [0, 0.05) is 19.0 Å². The first kappa shape index (κ1) is 15.6. The van der Waals surface area contributed by atoms with E-state index in [2.05, 4.69) is 5.32 Å². The average Bonchev–Trinajstić information content (AvgIpc) is 2.86. The normalized spacial score (nSPS) is 26.0. The number of carboxylic acids is 1. The Balaban J connectivity index is 1.92. The maximum atomic E-state index is 12.3. The number of nitrogens with two attached hydrogens (primary N) is 1. The maximum Gasteiger partial charge on any atom is 0.326 e. The van der Waals surface area contributed by atoms with Gasteiger partial charge in [0.2, 0.25) is 5.91 Å². The topological polar surface area (TPSA) is 113 Å². The molecule has 3 amide bonds. The summed E-state index contributed by atoms with van der Waals surface area (Å²) in [5, 5.41) is 11.7. The number of likely N-dealkylation sites (tertiary alicyclic amines) is 1. The van der Waals surface area contributed by atoms with Crippen molar-refractivity contribution in [3.8, 4) is 0 Å². The minimum Gasteiger partial charge on any atom is -0.480 e. The summed E-state index contributed by atoms with van der Waals surface area (Å²) in [5.74, 6) is -1.15. The molecule has 118 valence electrons. The van der Waals surface area contributed by atoms with E-state index in [1.54, 1.807) is 4.90 Å². The third-order valence-corrected chi connectivity index (χ3v) is 4.55. The average molecular weight is 297 g/mol. The molecule has 0 aromatic carbocycles. The summed E-state index contributed by atoms with van der Waals surface area (Å²) in [6.45, 7) is 0.684. The molecular formula is C14H23N3O4. The third-order valence-electron chi connectivity index (χ3n) is 4.55. The molecule has 7 heteroatoms. The fraction of sp³-hybridized carbons (Fsp3) is 0.786. The molecule has 1 heterocycles. The number of carbonyl (C=O) groups excluding carboxylic acids is 2. The van der Waals surface area contributed by atoms with Gasteiger partial charge in [-0.05, 0) is 31.6 Å². The number of hydrogen-bond acceptors (Lipinski definition) is 3. The van der Waals surface area contributed by atoms with Gasteiger partial charge in [0.05, 0.1) is 0 Å². The van der Waals surface area contributed by atoms with Crippen LogP contribution < -0.4 is 11.1 Å². The van der Waals surface area contributed by atoms with E-state index in [0.717, 1.165) is 25.7 Å². The van der Waals surface area contributed by atoms with Gasteiger partial charge in [0.1, 0.15) is 6.04 Å². The second-order valence-electron chi connectivity index (χ2n) is 5.94. The first-order valence-electron chi connectivity index (χ1n) is 7.57. The van der Waals surface area contributed by atoms with Crippen LogP contribution in [0, 0.1) is 5.92 Å². The van der Waals surface area contributed by atoms with E-state index >= 15 is 0 Å². The molecule has 3 atom stereocenters. The molecule has 7 nitrogen and oxygen atoms in total. The standard InChI is InChI=1S/C14H23N3O4/c15-12(18)6-5-10(13(19)20)16-14(21)17-8-7-9-3-1-2-4-11(9)17/h9-11H,1-8H2,(H2,15,18)(H,16,21)(H,19,20)/t9?,10-,11?/m0/s1. The Hall–Kier alpha value is -1.79. The second-order valence-corrected chi connectivity index (χ2v) is 5.94. The number of nitrogens with zero attached hydrogens (tertiary/aromatic N) is 1. The number of aliphatic carboxylic acids is 1. The van der Waals surface area contributed by atoms with Gasteiger partial charge in [-0.25, -0.2) is 9.59 Å². The van der Waals surface area contributed by atoms with E-state index in [9.17, 15) is 14.4 Å². The van der Waals surface area contributed by atoms with Crippen molar-refractivity contribution in [1.29, 1.82) is 0 Å². The van der Waals surface area contributed by atoms with Crippen molar-refractivity contribution >= 4 is 17.9 Å². The summed E-state index contributed by atoms with van der Waals surface area (Å²) < 4.78 is 0. The van der Waals surface area contributed by atoms with Gasteiger partial charge >= 0.3 is 12.0 Å². The number of fused-ring (bicyclic) bond motifs is 1. The van der Waals surface area contributed by atoms with Crippen LogP contribution in [0.3, 0.4) is 0 Å². The first-order valence-corrected chi connectivity index (χ1v) is 7.57. The van der Waals surface area contributed by atoms with Crippen molar-refractivity contribution in [3.63, 3.8) is 0 Å². The highest BCUT2D eigenvalue weighted by Gasteiger charge is 2.39. The summed E-state index contributed by atoms with van der Waals surface area (Å²) in [5.41, 5.74) is 5.03. The highest BCUT2D eigenvalue weighted by atomic mass is 16.4. The number of carboxylic acid groups (broad SMARTS) is 1. The van der Waals surface area contributed by atoms with Crippen LogP contribution in [-0.4, -0.2) is 46.5 Å². The van der Waals surface area contributed by atoms with Crippen LogP contribution >= 0.6 is 0 Å². The number of nitrogens with one attached hydrogen (secondary N) is 1. The summed E-state index contributed by atoms with van der Waals surface area (Å²) >= 11 is 0. The smallest absolute Gasteiger partial charge is 0.326 e. The predicted octanol–water partition coefficient (Wildman–Crippen LogP) is 0.679. The van der Waals surface area contributed by atoms with Crippen molar-refractivity contribution in [3.05, 3.63) is 0 Å². The van der Waals surface area contributed by atoms with Crippen molar-refractivity contribution in [2.75, 3.05) is 6.54 Å². The Kier molecular flexibility index (Phi) is 5.03. The lowest BCUT2D eigenvalue weighted by Crippen LogP contribution is -2.50. The van der Waals surface area contributed by atoms with Gasteiger partial charge in [0.15, 0.2) is 0 Å². The Morgan fingerprint density at radius 3 is 2.62 bits per heavy atom. The zero-order chi connectivity index (χ0) is 15.4. The molecule has 0 aromatic heterocycles. The summed E-state index contributed by atoms with van der Waals surface area (Å²) in [7, 11) is 0. The van der Waals surface area contributed by atoms with E-state index < -0.39 is 17.9 Å². The molecule has 4 N–H and O–H groups in total. The molecule has 0 aromatic rings. The highest BCUT2D eigenvalue weighted by molar-refractivity contribution is 5.83. The van der Waals surface area contributed by atoms with Crippen LogP contribution in [0.4, 0.5) is 4.79 Å². The number of carbonyl (C=O) groups is 3. The summed E-state index contributed by atoms with van der Waals surface area (Å²) in [6.07, 6.45) is 5.45. The quantitative estimate of drug-likeness (QED) is 0.692. The Labute approximate surface area is 123 Å². The van der Waals surface area contributed by atoms with Crippen LogP contribution in [0.25, 0.3) is 0 Å². The molecule has 2 aliphatic rings. The van der Waals surface area contributed by atoms with Crippen LogP contribution in [0.1, 0.15) is 44.9 Å². The molecule has 0 spiro atoms. The molecule has 0 bridgehead atoms. The largest absolute Gasteiger partial charge is 0.480 e.